The van der Waals surface area contributed by atoms with Crippen molar-refractivity contribution in [2.45, 2.75) is 46.3 Å². The molecule has 0 saturated carbocycles. The number of hydrogen-bond donors (Lipinski definition) is 2. The van der Waals surface area contributed by atoms with Crippen LogP contribution in [0, 0.1) is 5.41 Å². The predicted molar refractivity (Wildman–Crippen MR) is 115 cm³/mol. The molecule has 0 spiro atoms. The Morgan fingerprint density at radius 1 is 1.20 bits per heavy atom. The minimum atomic E-state index is -0.909. The summed E-state index contributed by atoms with van der Waals surface area (Å²) in [6, 6.07) is 16.1. The molecule has 0 amide bonds. The Balaban J connectivity index is 1.62. The molecule has 2 aromatic carbocycles. The summed E-state index contributed by atoms with van der Waals surface area (Å²) in [5, 5.41) is 14.5. The number of carbonyl (C=O) groups is 1. The van der Waals surface area contributed by atoms with E-state index in [-0.39, 0.29) is 5.41 Å². The van der Waals surface area contributed by atoms with E-state index in [0.717, 1.165) is 52.8 Å². The van der Waals surface area contributed by atoms with Gasteiger partial charge < -0.3 is 5.11 Å². The number of carboxylic acids is 1. The lowest BCUT2D eigenvalue weighted by atomic mass is 9.76. The highest BCUT2D eigenvalue weighted by atomic mass is 16.6. The maximum atomic E-state index is 12.0. The summed E-state index contributed by atoms with van der Waals surface area (Å²) < 4.78 is 1.65. The summed E-state index contributed by atoms with van der Waals surface area (Å²) in [5.41, 5.74) is 6.41. The van der Waals surface area contributed by atoms with E-state index in [9.17, 15) is 9.90 Å². The first-order chi connectivity index (χ1) is 14.4. The predicted octanol–water partition coefficient (Wildman–Crippen LogP) is 4.20. The topological polar surface area (TPSA) is 90.4 Å². The van der Waals surface area contributed by atoms with E-state index in [0.29, 0.717) is 18.8 Å². The van der Waals surface area contributed by atoms with Gasteiger partial charge >= 0.3 is 5.97 Å². The van der Waals surface area contributed by atoms with E-state index in [2.05, 4.69) is 18.9 Å². The van der Waals surface area contributed by atoms with Crippen LogP contribution < -0.4 is 5.90 Å². The van der Waals surface area contributed by atoms with Gasteiger partial charge in [0.25, 0.3) is 0 Å². The molecular formula is C24H27N3O3. The molecule has 3 aromatic rings. The van der Waals surface area contributed by atoms with E-state index < -0.39 is 5.97 Å². The molecular weight excluding hydrogens is 378 g/mol. The van der Waals surface area contributed by atoms with Crippen LogP contribution in [0.3, 0.4) is 0 Å². The van der Waals surface area contributed by atoms with Crippen LogP contribution in [0.5, 0.6) is 0 Å². The summed E-state index contributed by atoms with van der Waals surface area (Å²) in [6.45, 7) is 5.15. The molecule has 6 heteroatoms. The van der Waals surface area contributed by atoms with Gasteiger partial charge in [0.2, 0.25) is 0 Å². The number of carboxylic acid groups (broad SMARTS) is 1. The van der Waals surface area contributed by atoms with E-state index in [1.807, 2.05) is 48.5 Å². The van der Waals surface area contributed by atoms with Gasteiger partial charge in [0, 0.05) is 5.56 Å². The molecule has 1 aromatic heterocycles. The van der Waals surface area contributed by atoms with Crippen molar-refractivity contribution in [2.75, 3.05) is 0 Å². The Labute approximate surface area is 176 Å². The number of hydrogen-bond acceptors (Lipinski definition) is 4. The zero-order valence-electron chi connectivity index (χ0n) is 17.4. The summed E-state index contributed by atoms with van der Waals surface area (Å²) in [7, 11) is 0. The van der Waals surface area contributed by atoms with Gasteiger partial charge in [0.05, 0.1) is 18.8 Å². The standard InChI is InChI=1S/C24H27N3O3/c1-24(2)12-11-21-20(13-24)22(23(28)29)27(26-21)14-16-7-9-17(10-8-16)19-6-4-3-5-18(19)15-30-25/h3-10H,11-15,25H2,1-2H3,(H,28,29). The Bertz CT molecular complexity index is 1070. The normalized spacial score (nSPS) is 15.0. The van der Waals surface area contributed by atoms with E-state index in [1.165, 1.54) is 0 Å². The number of nitrogens with zero attached hydrogens (tertiary/aromatic N) is 2. The number of aryl methyl sites for hydroxylation is 1. The average Bonchev–Trinajstić information content (AvgIpc) is 3.05. The number of aromatic nitrogens is 2. The molecule has 1 aliphatic rings. The summed E-state index contributed by atoms with van der Waals surface area (Å²) in [5.74, 6) is 4.35. The van der Waals surface area contributed by atoms with Gasteiger partial charge in [-0.15, -0.1) is 0 Å². The second kappa shape index (κ2) is 8.05. The van der Waals surface area contributed by atoms with Crippen molar-refractivity contribution in [1.82, 2.24) is 9.78 Å². The van der Waals surface area contributed by atoms with Gasteiger partial charge in [-0.2, -0.15) is 5.10 Å². The minimum absolute atomic E-state index is 0.105. The van der Waals surface area contributed by atoms with Crippen LogP contribution in [0.25, 0.3) is 11.1 Å². The molecule has 3 N–H and O–H groups in total. The third kappa shape index (κ3) is 4.01. The third-order valence-electron chi connectivity index (χ3n) is 5.88. The quantitative estimate of drug-likeness (QED) is 0.600. The lowest BCUT2D eigenvalue weighted by Crippen LogP contribution is -2.23. The molecule has 0 saturated heterocycles. The molecule has 0 unspecified atom stereocenters. The minimum Gasteiger partial charge on any atom is -0.477 e. The van der Waals surface area contributed by atoms with Gasteiger partial charge in [0.15, 0.2) is 0 Å². The molecule has 156 valence electrons. The molecule has 0 fully saturated rings. The summed E-state index contributed by atoms with van der Waals surface area (Å²) in [6.07, 6.45) is 2.61. The fourth-order valence-corrected chi connectivity index (χ4v) is 4.29. The maximum absolute atomic E-state index is 12.0. The smallest absolute Gasteiger partial charge is 0.354 e. The molecule has 6 nitrogen and oxygen atoms in total. The van der Waals surface area contributed by atoms with Crippen molar-refractivity contribution in [3.05, 3.63) is 76.6 Å². The number of aromatic carboxylic acids is 1. The fraction of sp³-hybridized carbons (Fsp3) is 0.333. The van der Waals surface area contributed by atoms with Gasteiger partial charge in [-0.1, -0.05) is 62.4 Å². The van der Waals surface area contributed by atoms with Crippen molar-refractivity contribution in [3.63, 3.8) is 0 Å². The summed E-state index contributed by atoms with van der Waals surface area (Å²) in [4.78, 5) is 16.8. The highest BCUT2D eigenvalue weighted by Gasteiger charge is 2.32. The largest absolute Gasteiger partial charge is 0.477 e. The molecule has 0 radical (unpaired) electrons. The van der Waals surface area contributed by atoms with E-state index >= 15 is 0 Å². The highest BCUT2D eigenvalue weighted by molar-refractivity contribution is 5.88. The molecule has 0 aliphatic heterocycles. The lowest BCUT2D eigenvalue weighted by molar-refractivity contribution is 0.0682. The van der Waals surface area contributed by atoms with Gasteiger partial charge in [-0.3, -0.25) is 9.52 Å². The number of nitrogens with two attached hydrogens (primary N) is 1. The SMILES string of the molecule is CC1(C)CCc2nn(Cc3ccc(-c4ccccc4CON)cc3)c(C(=O)O)c2C1. The Morgan fingerprint density at radius 3 is 2.63 bits per heavy atom. The number of benzene rings is 2. The molecule has 30 heavy (non-hydrogen) atoms. The van der Waals surface area contributed by atoms with Crippen molar-refractivity contribution in [3.8, 4) is 11.1 Å². The highest BCUT2D eigenvalue weighted by Crippen LogP contribution is 2.36. The van der Waals surface area contributed by atoms with Crippen molar-refractivity contribution in [1.29, 1.82) is 0 Å². The monoisotopic (exact) mass is 405 g/mol. The molecule has 0 bridgehead atoms. The Hall–Kier alpha value is -2.96. The van der Waals surface area contributed by atoms with Crippen molar-refractivity contribution in [2.24, 2.45) is 11.3 Å². The Morgan fingerprint density at radius 2 is 1.93 bits per heavy atom. The first kappa shape index (κ1) is 20.3. The zero-order chi connectivity index (χ0) is 21.3. The molecule has 1 heterocycles. The van der Waals surface area contributed by atoms with Crippen LogP contribution in [0.2, 0.25) is 0 Å². The van der Waals surface area contributed by atoms with E-state index in [1.54, 1.807) is 4.68 Å². The van der Waals surface area contributed by atoms with Crippen LogP contribution >= 0.6 is 0 Å². The first-order valence-corrected chi connectivity index (χ1v) is 10.2. The van der Waals surface area contributed by atoms with Crippen molar-refractivity contribution >= 4 is 5.97 Å². The van der Waals surface area contributed by atoms with Gasteiger partial charge in [0.1, 0.15) is 5.69 Å². The first-order valence-electron chi connectivity index (χ1n) is 10.2. The van der Waals surface area contributed by atoms with Gasteiger partial charge in [-0.25, -0.2) is 10.7 Å². The van der Waals surface area contributed by atoms with Crippen molar-refractivity contribution < 1.29 is 14.7 Å². The second-order valence-corrected chi connectivity index (χ2v) is 8.74. The van der Waals surface area contributed by atoms with Crippen LogP contribution in [-0.2, 0) is 30.8 Å². The molecule has 0 atom stereocenters. The van der Waals surface area contributed by atoms with Crippen LogP contribution in [0.1, 0.15) is 53.1 Å². The number of rotatable bonds is 6. The van der Waals surface area contributed by atoms with Crippen LogP contribution in [0.4, 0.5) is 0 Å². The third-order valence-corrected chi connectivity index (χ3v) is 5.88. The molecule has 1 aliphatic carbocycles. The second-order valence-electron chi connectivity index (χ2n) is 8.74. The van der Waals surface area contributed by atoms with Gasteiger partial charge in [-0.05, 0) is 46.9 Å². The lowest BCUT2D eigenvalue weighted by Gasteiger charge is -2.28. The Kier molecular flexibility index (Phi) is 5.45. The molecule has 4 rings (SSSR count). The average molecular weight is 405 g/mol. The van der Waals surface area contributed by atoms with E-state index in [4.69, 9.17) is 10.7 Å². The van der Waals surface area contributed by atoms with Crippen LogP contribution in [-0.4, -0.2) is 20.9 Å². The number of fused-ring (bicyclic) bond motifs is 1. The fourth-order valence-electron chi connectivity index (χ4n) is 4.29. The zero-order valence-corrected chi connectivity index (χ0v) is 17.4. The summed E-state index contributed by atoms with van der Waals surface area (Å²) >= 11 is 0. The van der Waals surface area contributed by atoms with Crippen LogP contribution in [0.15, 0.2) is 48.5 Å². The maximum Gasteiger partial charge on any atom is 0.354 e.